The van der Waals surface area contributed by atoms with Gasteiger partial charge in [0.25, 0.3) is 0 Å². The molecule has 0 aliphatic rings. The van der Waals surface area contributed by atoms with E-state index >= 15 is 0 Å². The van der Waals surface area contributed by atoms with Crippen LogP contribution in [0.15, 0.2) is 28.9 Å². The third-order valence-corrected chi connectivity index (χ3v) is 3.84. The number of benzene rings is 1. The molecule has 21 heavy (non-hydrogen) atoms. The molecule has 2 rings (SSSR count). The lowest BCUT2D eigenvalue weighted by molar-refractivity contribution is -0.116. The van der Waals surface area contributed by atoms with Crippen molar-refractivity contribution in [3.8, 4) is 5.75 Å². The van der Waals surface area contributed by atoms with E-state index in [1.165, 1.54) is 0 Å². The molecule has 0 bridgehead atoms. The molecule has 2 aromatic rings. The molecule has 0 unspecified atom stereocenters. The fraction of sp³-hybridized carbons (Fsp3) is 0.333. The molecule has 0 aliphatic carbocycles. The van der Waals surface area contributed by atoms with Crippen molar-refractivity contribution in [2.24, 2.45) is 0 Å². The second-order valence-electron chi connectivity index (χ2n) is 4.64. The molecule has 1 aromatic carbocycles. The van der Waals surface area contributed by atoms with Crippen LogP contribution in [0.1, 0.15) is 24.5 Å². The smallest absolute Gasteiger partial charge is 0.225 e. The Labute approximate surface area is 132 Å². The summed E-state index contributed by atoms with van der Waals surface area (Å²) >= 11 is 3.44. The van der Waals surface area contributed by atoms with Gasteiger partial charge in [-0.15, -0.1) is 0 Å². The number of nitrogens with zero attached hydrogens (tertiary/aromatic N) is 1. The number of methoxy groups -OCH3 is 1. The number of hydrogen-bond donors (Lipinski definition) is 2. The topological polar surface area (TPSA) is 67.0 Å². The van der Waals surface area contributed by atoms with Crippen molar-refractivity contribution in [1.82, 2.24) is 10.2 Å². The molecule has 0 fully saturated rings. The number of amides is 1. The van der Waals surface area contributed by atoms with E-state index in [0.29, 0.717) is 18.7 Å². The summed E-state index contributed by atoms with van der Waals surface area (Å²) in [5, 5.41) is 9.59. The molecule has 1 aromatic heterocycles. The minimum Gasteiger partial charge on any atom is -0.496 e. The second kappa shape index (κ2) is 7.26. The van der Waals surface area contributed by atoms with Gasteiger partial charge >= 0.3 is 0 Å². The number of hydrogen-bond acceptors (Lipinski definition) is 3. The van der Waals surface area contributed by atoms with Gasteiger partial charge in [-0.05, 0) is 46.5 Å². The fourth-order valence-corrected chi connectivity index (χ4v) is 2.60. The summed E-state index contributed by atoms with van der Waals surface area (Å²) in [6.45, 7) is 2.02. The van der Waals surface area contributed by atoms with E-state index in [2.05, 4.69) is 31.4 Å². The molecule has 0 radical (unpaired) electrons. The molecule has 0 saturated heterocycles. The zero-order valence-corrected chi connectivity index (χ0v) is 13.7. The Morgan fingerprint density at radius 1 is 1.48 bits per heavy atom. The standard InChI is InChI=1S/C15H18BrN3O2/c1-3-11-9-17-19-15(11)18-14(20)7-5-10-4-6-13(21-2)12(16)8-10/h4,6,8-9H,3,5,7H2,1-2H3,(H2,17,18,19,20). The van der Waals surface area contributed by atoms with Crippen LogP contribution in [0.4, 0.5) is 5.82 Å². The number of halogens is 1. The van der Waals surface area contributed by atoms with Crippen molar-refractivity contribution in [3.05, 3.63) is 40.0 Å². The van der Waals surface area contributed by atoms with Crippen LogP contribution in [0.2, 0.25) is 0 Å². The van der Waals surface area contributed by atoms with E-state index < -0.39 is 0 Å². The Balaban J connectivity index is 1.91. The van der Waals surface area contributed by atoms with Gasteiger partial charge < -0.3 is 10.1 Å². The summed E-state index contributed by atoms with van der Waals surface area (Å²) in [7, 11) is 1.63. The number of rotatable bonds is 6. The molecular formula is C15H18BrN3O2. The molecule has 6 heteroatoms. The molecule has 112 valence electrons. The highest BCUT2D eigenvalue weighted by molar-refractivity contribution is 9.10. The monoisotopic (exact) mass is 351 g/mol. The lowest BCUT2D eigenvalue weighted by Crippen LogP contribution is -2.13. The van der Waals surface area contributed by atoms with Gasteiger partial charge in [0.1, 0.15) is 11.6 Å². The zero-order chi connectivity index (χ0) is 15.2. The molecule has 0 aliphatic heterocycles. The van der Waals surface area contributed by atoms with Gasteiger partial charge in [0.05, 0.1) is 17.8 Å². The molecule has 0 spiro atoms. The van der Waals surface area contributed by atoms with Crippen LogP contribution in [-0.2, 0) is 17.6 Å². The van der Waals surface area contributed by atoms with Crippen LogP contribution in [0, 0.1) is 0 Å². The SMILES string of the molecule is CCc1cn[nH]c1NC(=O)CCc1ccc(OC)c(Br)c1. The average Bonchev–Trinajstić information content (AvgIpc) is 2.92. The Hall–Kier alpha value is -1.82. The average molecular weight is 352 g/mol. The number of nitrogens with one attached hydrogen (secondary N) is 2. The number of carbonyl (C=O) groups is 1. The Bertz CT molecular complexity index is 625. The number of aryl methyl sites for hydroxylation is 2. The first-order valence-electron chi connectivity index (χ1n) is 6.78. The predicted molar refractivity (Wildman–Crippen MR) is 85.6 cm³/mol. The zero-order valence-electron chi connectivity index (χ0n) is 12.1. The van der Waals surface area contributed by atoms with Gasteiger partial charge in [0.15, 0.2) is 0 Å². The Morgan fingerprint density at radius 3 is 2.95 bits per heavy atom. The first-order chi connectivity index (χ1) is 10.1. The van der Waals surface area contributed by atoms with Crippen molar-refractivity contribution in [2.75, 3.05) is 12.4 Å². The van der Waals surface area contributed by atoms with E-state index in [9.17, 15) is 4.79 Å². The quantitative estimate of drug-likeness (QED) is 0.838. The lowest BCUT2D eigenvalue weighted by atomic mass is 10.1. The van der Waals surface area contributed by atoms with Crippen LogP contribution < -0.4 is 10.1 Å². The molecule has 0 saturated carbocycles. The molecule has 1 heterocycles. The maximum Gasteiger partial charge on any atom is 0.225 e. The third-order valence-electron chi connectivity index (χ3n) is 3.22. The molecular weight excluding hydrogens is 334 g/mol. The number of carbonyl (C=O) groups excluding carboxylic acids is 1. The van der Waals surface area contributed by atoms with Crippen molar-refractivity contribution in [1.29, 1.82) is 0 Å². The van der Waals surface area contributed by atoms with Gasteiger partial charge in [-0.2, -0.15) is 5.10 Å². The Morgan fingerprint density at radius 2 is 2.29 bits per heavy atom. The van der Waals surface area contributed by atoms with Gasteiger partial charge in [-0.1, -0.05) is 13.0 Å². The Kier molecular flexibility index (Phi) is 5.38. The highest BCUT2D eigenvalue weighted by Crippen LogP contribution is 2.26. The largest absolute Gasteiger partial charge is 0.496 e. The minimum atomic E-state index is -0.0270. The van der Waals surface area contributed by atoms with E-state index in [-0.39, 0.29) is 5.91 Å². The molecule has 0 atom stereocenters. The second-order valence-corrected chi connectivity index (χ2v) is 5.50. The third kappa shape index (κ3) is 4.07. The highest BCUT2D eigenvalue weighted by atomic mass is 79.9. The van der Waals surface area contributed by atoms with Crippen LogP contribution in [0.3, 0.4) is 0 Å². The van der Waals surface area contributed by atoms with E-state index in [4.69, 9.17) is 4.74 Å². The highest BCUT2D eigenvalue weighted by Gasteiger charge is 2.09. The van der Waals surface area contributed by atoms with Crippen LogP contribution >= 0.6 is 15.9 Å². The maximum absolute atomic E-state index is 12.0. The lowest BCUT2D eigenvalue weighted by Gasteiger charge is -2.07. The van der Waals surface area contributed by atoms with Gasteiger partial charge in [-0.25, -0.2) is 0 Å². The van der Waals surface area contributed by atoms with Gasteiger partial charge in [-0.3, -0.25) is 9.89 Å². The minimum absolute atomic E-state index is 0.0270. The van der Waals surface area contributed by atoms with Crippen LogP contribution in [0.5, 0.6) is 5.75 Å². The summed E-state index contributed by atoms with van der Waals surface area (Å²) in [4.78, 5) is 12.0. The molecule has 2 N–H and O–H groups in total. The van der Waals surface area contributed by atoms with Crippen molar-refractivity contribution in [3.63, 3.8) is 0 Å². The maximum atomic E-state index is 12.0. The van der Waals surface area contributed by atoms with E-state index in [1.807, 2.05) is 25.1 Å². The number of H-pyrrole nitrogens is 1. The fourth-order valence-electron chi connectivity index (χ4n) is 2.01. The number of aromatic amines is 1. The van der Waals surface area contributed by atoms with Crippen molar-refractivity contribution < 1.29 is 9.53 Å². The van der Waals surface area contributed by atoms with Crippen LogP contribution in [0.25, 0.3) is 0 Å². The normalized spacial score (nSPS) is 10.4. The summed E-state index contributed by atoms with van der Waals surface area (Å²) in [5.74, 6) is 1.45. The van der Waals surface area contributed by atoms with Crippen LogP contribution in [-0.4, -0.2) is 23.2 Å². The molecule has 5 nitrogen and oxygen atoms in total. The number of anilines is 1. The summed E-state index contributed by atoms with van der Waals surface area (Å²) in [6.07, 6.45) is 3.65. The van der Waals surface area contributed by atoms with Gasteiger partial charge in [0, 0.05) is 12.0 Å². The summed E-state index contributed by atoms with van der Waals surface area (Å²) in [5.41, 5.74) is 2.09. The first-order valence-corrected chi connectivity index (χ1v) is 7.57. The number of ether oxygens (including phenoxy) is 1. The van der Waals surface area contributed by atoms with Crippen molar-refractivity contribution in [2.45, 2.75) is 26.2 Å². The van der Waals surface area contributed by atoms with E-state index in [1.54, 1.807) is 13.3 Å². The predicted octanol–water partition coefficient (Wildman–Crippen LogP) is 3.31. The molecule has 1 amide bonds. The summed E-state index contributed by atoms with van der Waals surface area (Å²) < 4.78 is 6.08. The van der Waals surface area contributed by atoms with Crippen molar-refractivity contribution >= 4 is 27.7 Å². The first kappa shape index (κ1) is 15.6. The van der Waals surface area contributed by atoms with Gasteiger partial charge in [0.2, 0.25) is 5.91 Å². The summed E-state index contributed by atoms with van der Waals surface area (Å²) in [6, 6.07) is 5.83. The van der Waals surface area contributed by atoms with E-state index in [0.717, 1.165) is 27.8 Å². The number of aromatic nitrogens is 2.